The van der Waals surface area contributed by atoms with E-state index < -0.39 is 5.82 Å². The average Bonchev–Trinajstić information content (AvgIpc) is 3.36. The molecule has 8 nitrogen and oxygen atoms in total. The summed E-state index contributed by atoms with van der Waals surface area (Å²) < 4.78 is 18.9. The molecule has 0 unspecified atom stereocenters. The minimum Gasteiger partial charge on any atom is -0.494 e. The topological polar surface area (TPSA) is 90.4 Å². The van der Waals surface area contributed by atoms with Crippen LogP contribution in [0.15, 0.2) is 48.5 Å². The number of nitrogens with zero attached hydrogens (tertiary/aromatic N) is 3. The van der Waals surface area contributed by atoms with Gasteiger partial charge in [0, 0.05) is 30.9 Å². The van der Waals surface area contributed by atoms with Gasteiger partial charge in [-0.3, -0.25) is 14.4 Å². The van der Waals surface area contributed by atoms with Gasteiger partial charge in [0.15, 0.2) is 0 Å². The number of carboxylic acid groups (broad SMARTS) is 1. The summed E-state index contributed by atoms with van der Waals surface area (Å²) in [6.07, 6.45) is 3.61. The maximum absolute atomic E-state index is 13.1. The molecule has 2 aromatic carbocycles. The van der Waals surface area contributed by atoms with Crippen LogP contribution < -0.4 is 9.64 Å². The van der Waals surface area contributed by atoms with Crippen molar-refractivity contribution in [3.8, 4) is 5.75 Å². The number of carbonyl (C=O) groups excluding carboxylic acids is 2. The van der Waals surface area contributed by atoms with Crippen LogP contribution in [0.3, 0.4) is 0 Å². The summed E-state index contributed by atoms with van der Waals surface area (Å²) in [6.45, 7) is 4.76. The Bertz CT molecular complexity index is 946. The van der Waals surface area contributed by atoms with Crippen molar-refractivity contribution in [3.05, 3.63) is 59.9 Å². The Hall–Kier alpha value is -3.46. The summed E-state index contributed by atoms with van der Waals surface area (Å²) in [5.74, 6) is 0.00544. The van der Waals surface area contributed by atoms with Gasteiger partial charge in [0.2, 0.25) is 5.91 Å². The van der Waals surface area contributed by atoms with Crippen molar-refractivity contribution in [1.82, 2.24) is 9.80 Å². The number of benzene rings is 2. The summed E-state index contributed by atoms with van der Waals surface area (Å²) in [4.78, 5) is 39.2. The Morgan fingerprint density at radius 3 is 2.26 bits per heavy atom. The zero-order valence-corrected chi connectivity index (χ0v) is 19.1. The van der Waals surface area contributed by atoms with Crippen LogP contribution in [0.1, 0.15) is 29.6 Å². The molecule has 2 saturated heterocycles. The van der Waals surface area contributed by atoms with Crippen LogP contribution in [0.25, 0.3) is 0 Å². The van der Waals surface area contributed by atoms with E-state index in [1.54, 1.807) is 4.90 Å². The molecular weight excluding hydrogens is 441 g/mol. The number of hydrogen-bond acceptors (Lipinski definition) is 5. The van der Waals surface area contributed by atoms with Crippen LogP contribution in [0, 0.1) is 5.82 Å². The lowest BCUT2D eigenvalue weighted by Gasteiger charge is -2.34. The van der Waals surface area contributed by atoms with Gasteiger partial charge in [0.25, 0.3) is 12.4 Å². The van der Waals surface area contributed by atoms with Crippen molar-refractivity contribution >= 4 is 24.0 Å². The molecule has 2 aliphatic heterocycles. The van der Waals surface area contributed by atoms with Crippen molar-refractivity contribution in [2.75, 3.05) is 50.8 Å². The second-order valence-electron chi connectivity index (χ2n) is 8.13. The third-order valence-electron chi connectivity index (χ3n) is 5.83. The van der Waals surface area contributed by atoms with E-state index in [1.807, 2.05) is 24.3 Å². The highest BCUT2D eigenvalue weighted by Gasteiger charge is 2.28. The first kappa shape index (κ1) is 25.2. The molecule has 0 atom stereocenters. The highest BCUT2D eigenvalue weighted by atomic mass is 19.1. The number of ether oxygens (including phenoxy) is 1. The number of hydrogen-bond donors (Lipinski definition) is 1. The molecule has 0 spiro atoms. The first-order valence-corrected chi connectivity index (χ1v) is 11.4. The summed E-state index contributed by atoms with van der Waals surface area (Å²) in [5.41, 5.74) is 1.18. The SMILES string of the molecule is O=C(c1ccc(F)cc1)N1CCN(c2ccc(OCCCN3CCCC3)cc2)C(=O)C1.O=CO. The van der Waals surface area contributed by atoms with Gasteiger partial charge in [-0.25, -0.2) is 4.39 Å². The fourth-order valence-electron chi connectivity index (χ4n) is 4.10. The zero-order chi connectivity index (χ0) is 24.3. The maximum atomic E-state index is 13.1. The largest absolute Gasteiger partial charge is 0.494 e. The second-order valence-corrected chi connectivity index (χ2v) is 8.13. The minimum atomic E-state index is -0.392. The number of rotatable bonds is 7. The molecule has 2 fully saturated rings. The number of amides is 2. The number of likely N-dealkylation sites (tertiary alicyclic amines) is 1. The lowest BCUT2D eigenvalue weighted by Crippen LogP contribution is -2.52. The zero-order valence-electron chi connectivity index (χ0n) is 19.1. The first-order valence-electron chi connectivity index (χ1n) is 11.4. The molecule has 2 aliphatic rings. The fourth-order valence-corrected chi connectivity index (χ4v) is 4.10. The van der Waals surface area contributed by atoms with E-state index in [0.717, 1.165) is 24.4 Å². The van der Waals surface area contributed by atoms with Gasteiger partial charge in [0.1, 0.15) is 18.1 Å². The lowest BCUT2D eigenvalue weighted by molar-refractivity contribution is -0.123. The van der Waals surface area contributed by atoms with Crippen molar-refractivity contribution in [2.45, 2.75) is 19.3 Å². The Kier molecular flexibility index (Phi) is 9.40. The van der Waals surface area contributed by atoms with Crippen LogP contribution >= 0.6 is 0 Å². The quantitative estimate of drug-likeness (QED) is 0.493. The molecule has 0 radical (unpaired) electrons. The van der Waals surface area contributed by atoms with Crippen molar-refractivity contribution in [3.63, 3.8) is 0 Å². The summed E-state index contributed by atoms with van der Waals surface area (Å²) in [6, 6.07) is 12.9. The van der Waals surface area contributed by atoms with Gasteiger partial charge in [-0.15, -0.1) is 0 Å². The molecule has 34 heavy (non-hydrogen) atoms. The van der Waals surface area contributed by atoms with Crippen molar-refractivity contribution in [2.24, 2.45) is 0 Å². The van der Waals surface area contributed by atoms with Crippen molar-refractivity contribution < 1.29 is 28.6 Å². The van der Waals surface area contributed by atoms with Crippen LogP contribution in [0.5, 0.6) is 5.75 Å². The molecule has 2 amide bonds. The predicted octanol–water partition coefficient (Wildman–Crippen LogP) is 2.88. The second kappa shape index (κ2) is 12.7. The maximum Gasteiger partial charge on any atom is 0.290 e. The minimum absolute atomic E-state index is 0.00492. The third-order valence-corrected chi connectivity index (χ3v) is 5.83. The standard InChI is InChI=1S/C24H28FN3O3.CH2O2/c25-20-6-4-19(5-7-20)24(30)27-15-16-28(23(29)18-27)21-8-10-22(11-9-21)31-17-3-14-26-12-1-2-13-26;2-1-3/h4-11H,1-3,12-18H2;1H,(H,2,3). The van der Waals surface area contributed by atoms with Gasteiger partial charge in [-0.05, 0) is 80.9 Å². The number of piperazine rings is 1. The number of anilines is 1. The van der Waals surface area contributed by atoms with Crippen LogP contribution in [-0.4, -0.2) is 79.1 Å². The monoisotopic (exact) mass is 471 g/mol. The Morgan fingerprint density at radius 1 is 1.00 bits per heavy atom. The Balaban J connectivity index is 0.00000103. The number of halogens is 1. The summed E-state index contributed by atoms with van der Waals surface area (Å²) in [5, 5.41) is 6.89. The van der Waals surface area contributed by atoms with E-state index in [0.29, 0.717) is 25.3 Å². The van der Waals surface area contributed by atoms with Gasteiger partial charge in [0.05, 0.1) is 6.61 Å². The molecule has 0 aliphatic carbocycles. The highest BCUT2D eigenvalue weighted by molar-refractivity contribution is 6.01. The smallest absolute Gasteiger partial charge is 0.290 e. The fraction of sp³-hybridized carbons (Fsp3) is 0.400. The van der Waals surface area contributed by atoms with E-state index >= 15 is 0 Å². The molecule has 2 aromatic rings. The molecule has 2 heterocycles. The van der Waals surface area contributed by atoms with E-state index in [9.17, 15) is 14.0 Å². The normalized spacial score (nSPS) is 16.1. The van der Waals surface area contributed by atoms with Crippen molar-refractivity contribution in [1.29, 1.82) is 0 Å². The molecule has 0 aromatic heterocycles. The van der Waals surface area contributed by atoms with Gasteiger partial charge >= 0.3 is 0 Å². The third kappa shape index (κ3) is 7.02. The molecule has 1 N–H and O–H groups in total. The summed E-state index contributed by atoms with van der Waals surface area (Å²) in [7, 11) is 0. The summed E-state index contributed by atoms with van der Waals surface area (Å²) >= 11 is 0. The lowest BCUT2D eigenvalue weighted by atomic mass is 10.1. The molecular formula is C25H30FN3O5. The van der Waals surface area contributed by atoms with E-state index in [1.165, 1.54) is 55.1 Å². The molecule has 182 valence electrons. The van der Waals surface area contributed by atoms with Gasteiger partial charge in [-0.1, -0.05) is 0 Å². The average molecular weight is 472 g/mol. The van der Waals surface area contributed by atoms with E-state index in [4.69, 9.17) is 14.6 Å². The Morgan fingerprint density at radius 2 is 1.65 bits per heavy atom. The van der Waals surface area contributed by atoms with Crippen LogP contribution in [0.4, 0.5) is 10.1 Å². The highest BCUT2D eigenvalue weighted by Crippen LogP contribution is 2.22. The molecule has 0 bridgehead atoms. The van der Waals surface area contributed by atoms with E-state index in [-0.39, 0.29) is 24.8 Å². The van der Waals surface area contributed by atoms with Crippen LogP contribution in [-0.2, 0) is 9.59 Å². The predicted molar refractivity (Wildman–Crippen MR) is 126 cm³/mol. The van der Waals surface area contributed by atoms with Gasteiger partial charge < -0.3 is 24.5 Å². The van der Waals surface area contributed by atoms with Crippen LogP contribution in [0.2, 0.25) is 0 Å². The Labute approximate surface area is 198 Å². The van der Waals surface area contributed by atoms with Gasteiger partial charge in [-0.2, -0.15) is 0 Å². The first-order chi connectivity index (χ1) is 16.5. The van der Waals surface area contributed by atoms with E-state index in [2.05, 4.69) is 4.90 Å². The number of carbonyl (C=O) groups is 3. The molecule has 0 saturated carbocycles. The molecule has 4 rings (SSSR count). The molecule has 9 heteroatoms.